The molecule has 0 bridgehead atoms. The number of H-pyrrole nitrogens is 1. The van der Waals surface area contributed by atoms with Gasteiger partial charge in [0.05, 0.1) is 11.9 Å². The monoisotopic (exact) mass is 205 g/mol. The Morgan fingerprint density at radius 2 is 2.14 bits per heavy atom. The molecule has 0 amide bonds. The Morgan fingerprint density at radius 3 is 2.64 bits per heavy atom. The number of pyridine rings is 1. The summed E-state index contributed by atoms with van der Waals surface area (Å²) >= 11 is 5.17. The summed E-state index contributed by atoms with van der Waals surface area (Å²) in [4.78, 5) is 7.30. The van der Waals surface area contributed by atoms with E-state index in [-0.39, 0.29) is 0 Å². The van der Waals surface area contributed by atoms with Crippen LogP contribution >= 0.6 is 12.2 Å². The Labute approximate surface area is 87.4 Å². The summed E-state index contributed by atoms with van der Waals surface area (Å²) in [5, 5.41) is 0. The third-order valence-electron chi connectivity index (χ3n) is 2.02. The van der Waals surface area contributed by atoms with Crippen LogP contribution in [0.2, 0.25) is 0 Å². The minimum atomic E-state index is 0.702. The van der Waals surface area contributed by atoms with E-state index in [9.17, 15) is 0 Å². The molecule has 0 saturated heterocycles. The number of imidazole rings is 1. The average Bonchev–Trinajstić information content (AvgIpc) is 2.47. The van der Waals surface area contributed by atoms with Crippen molar-refractivity contribution < 1.29 is 0 Å². The van der Waals surface area contributed by atoms with Gasteiger partial charge in [-0.3, -0.25) is 9.55 Å². The molecule has 0 spiro atoms. The first kappa shape index (κ1) is 9.15. The van der Waals surface area contributed by atoms with Crippen LogP contribution in [0.5, 0.6) is 0 Å². The van der Waals surface area contributed by atoms with E-state index in [0.29, 0.717) is 4.77 Å². The van der Waals surface area contributed by atoms with Crippen molar-refractivity contribution in [3.8, 4) is 5.69 Å². The van der Waals surface area contributed by atoms with Crippen molar-refractivity contribution in [3.63, 3.8) is 0 Å². The van der Waals surface area contributed by atoms with E-state index < -0.39 is 0 Å². The Morgan fingerprint density at radius 1 is 1.36 bits per heavy atom. The number of aromatic amines is 1. The number of aromatic nitrogens is 3. The van der Waals surface area contributed by atoms with E-state index in [2.05, 4.69) is 9.97 Å². The topological polar surface area (TPSA) is 33.6 Å². The quantitative estimate of drug-likeness (QED) is 0.726. The fraction of sp³-hybridized carbons (Fsp3) is 0.200. The van der Waals surface area contributed by atoms with Gasteiger partial charge in [-0.15, -0.1) is 0 Å². The lowest BCUT2D eigenvalue weighted by Crippen LogP contribution is -1.93. The van der Waals surface area contributed by atoms with Crippen molar-refractivity contribution >= 4 is 12.2 Å². The number of rotatable bonds is 1. The summed E-state index contributed by atoms with van der Waals surface area (Å²) < 4.78 is 2.62. The van der Waals surface area contributed by atoms with Crippen molar-refractivity contribution in [1.82, 2.24) is 14.5 Å². The van der Waals surface area contributed by atoms with Crippen molar-refractivity contribution in [1.29, 1.82) is 0 Å². The maximum Gasteiger partial charge on any atom is 0.182 e. The summed E-state index contributed by atoms with van der Waals surface area (Å²) in [5.74, 6) is 0. The van der Waals surface area contributed by atoms with Gasteiger partial charge in [-0.05, 0) is 38.2 Å². The zero-order valence-corrected chi connectivity index (χ0v) is 8.93. The van der Waals surface area contributed by atoms with E-state index in [0.717, 1.165) is 17.1 Å². The molecule has 0 aliphatic rings. The van der Waals surface area contributed by atoms with E-state index in [1.165, 1.54) is 0 Å². The molecule has 4 heteroatoms. The van der Waals surface area contributed by atoms with E-state index >= 15 is 0 Å². The van der Waals surface area contributed by atoms with Crippen LogP contribution in [0.1, 0.15) is 11.4 Å². The van der Waals surface area contributed by atoms with E-state index in [1.54, 1.807) is 0 Å². The van der Waals surface area contributed by atoms with Crippen molar-refractivity contribution in [2.24, 2.45) is 0 Å². The summed E-state index contributed by atoms with van der Waals surface area (Å²) in [6, 6.07) is 3.98. The maximum atomic E-state index is 5.17. The van der Waals surface area contributed by atoms with Gasteiger partial charge in [0, 0.05) is 17.6 Å². The van der Waals surface area contributed by atoms with Crippen LogP contribution in [0.25, 0.3) is 5.69 Å². The molecule has 14 heavy (non-hydrogen) atoms. The number of nitrogens with zero attached hydrogens (tertiary/aromatic N) is 2. The second kappa shape index (κ2) is 3.38. The SMILES string of the molecule is Cc1ccc(-n2cc(C)[nH]c2=S)cn1. The molecule has 0 aromatic carbocycles. The van der Waals surface area contributed by atoms with Gasteiger partial charge in [0.1, 0.15) is 0 Å². The number of hydrogen-bond acceptors (Lipinski definition) is 2. The summed E-state index contributed by atoms with van der Waals surface area (Å²) in [6.07, 6.45) is 3.78. The standard InChI is InChI=1S/C10H11N3S/c1-7-3-4-9(5-11-7)13-6-8(2)12-10(13)14/h3-6H,1-2H3,(H,12,14). The number of nitrogens with one attached hydrogen (secondary N) is 1. The number of aryl methyl sites for hydroxylation is 2. The zero-order chi connectivity index (χ0) is 10.1. The van der Waals surface area contributed by atoms with Crippen molar-refractivity contribution in [2.45, 2.75) is 13.8 Å². The lowest BCUT2D eigenvalue weighted by molar-refractivity contribution is 1.01. The molecular weight excluding hydrogens is 194 g/mol. The van der Waals surface area contributed by atoms with Crippen LogP contribution in [-0.4, -0.2) is 14.5 Å². The molecule has 2 rings (SSSR count). The molecule has 2 aromatic rings. The van der Waals surface area contributed by atoms with Gasteiger partial charge >= 0.3 is 0 Å². The van der Waals surface area contributed by atoms with Gasteiger partial charge in [-0.1, -0.05) is 0 Å². The molecule has 72 valence electrons. The van der Waals surface area contributed by atoms with E-state index in [4.69, 9.17) is 12.2 Å². The predicted molar refractivity (Wildman–Crippen MR) is 58.2 cm³/mol. The molecule has 0 unspecified atom stereocenters. The summed E-state index contributed by atoms with van der Waals surface area (Å²) in [7, 11) is 0. The average molecular weight is 205 g/mol. The highest BCUT2D eigenvalue weighted by atomic mass is 32.1. The summed E-state index contributed by atoms with van der Waals surface area (Å²) in [6.45, 7) is 3.94. The Hall–Kier alpha value is -1.42. The van der Waals surface area contributed by atoms with Crippen LogP contribution in [0, 0.1) is 18.6 Å². The second-order valence-corrected chi connectivity index (χ2v) is 3.66. The van der Waals surface area contributed by atoms with E-state index in [1.807, 2.05) is 42.9 Å². The Kier molecular flexibility index (Phi) is 2.21. The fourth-order valence-electron chi connectivity index (χ4n) is 1.31. The third kappa shape index (κ3) is 1.61. The highest BCUT2D eigenvalue weighted by molar-refractivity contribution is 7.71. The first-order chi connectivity index (χ1) is 6.66. The molecule has 2 heterocycles. The predicted octanol–water partition coefficient (Wildman–Crippen LogP) is 2.55. The molecule has 1 N–H and O–H groups in total. The van der Waals surface area contributed by atoms with Crippen LogP contribution in [-0.2, 0) is 0 Å². The van der Waals surface area contributed by atoms with Gasteiger partial charge < -0.3 is 4.98 Å². The second-order valence-electron chi connectivity index (χ2n) is 3.27. The third-order valence-corrected chi connectivity index (χ3v) is 2.32. The molecule has 0 aliphatic heterocycles. The largest absolute Gasteiger partial charge is 0.335 e. The van der Waals surface area contributed by atoms with Crippen LogP contribution in [0.4, 0.5) is 0 Å². The summed E-state index contributed by atoms with van der Waals surface area (Å²) in [5.41, 5.74) is 3.05. The highest BCUT2D eigenvalue weighted by Crippen LogP contribution is 2.08. The van der Waals surface area contributed by atoms with Crippen LogP contribution < -0.4 is 0 Å². The molecule has 0 radical (unpaired) electrons. The van der Waals surface area contributed by atoms with Gasteiger partial charge in [0.25, 0.3) is 0 Å². The van der Waals surface area contributed by atoms with Gasteiger partial charge in [0.15, 0.2) is 4.77 Å². The first-order valence-electron chi connectivity index (χ1n) is 4.38. The molecule has 0 saturated carbocycles. The molecule has 3 nitrogen and oxygen atoms in total. The lowest BCUT2D eigenvalue weighted by Gasteiger charge is -2.00. The van der Waals surface area contributed by atoms with Crippen LogP contribution in [0.15, 0.2) is 24.5 Å². The number of hydrogen-bond donors (Lipinski definition) is 1. The van der Waals surface area contributed by atoms with Crippen LogP contribution in [0.3, 0.4) is 0 Å². The van der Waals surface area contributed by atoms with Gasteiger partial charge in [0.2, 0.25) is 0 Å². The smallest absolute Gasteiger partial charge is 0.182 e. The fourth-order valence-corrected chi connectivity index (χ4v) is 1.63. The van der Waals surface area contributed by atoms with Gasteiger partial charge in [-0.25, -0.2) is 0 Å². The van der Waals surface area contributed by atoms with Gasteiger partial charge in [-0.2, -0.15) is 0 Å². The maximum absolute atomic E-state index is 5.17. The lowest BCUT2D eigenvalue weighted by atomic mass is 10.3. The normalized spacial score (nSPS) is 10.4. The minimum absolute atomic E-state index is 0.702. The highest BCUT2D eigenvalue weighted by Gasteiger charge is 1.99. The Balaban J connectivity index is 2.54. The molecule has 0 aliphatic carbocycles. The molecule has 0 fully saturated rings. The zero-order valence-electron chi connectivity index (χ0n) is 8.11. The van der Waals surface area contributed by atoms with Crippen molar-refractivity contribution in [3.05, 3.63) is 40.7 Å². The molecule has 0 atom stereocenters. The van der Waals surface area contributed by atoms with Crippen molar-refractivity contribution in [2.75, 3.05) is 0 Å². The molecular formula is C10H11N3S. The molecule has 2 aromatic heterocycles. The Bertz CT molecular complexity index is 493. The minimum Gasteiger partial charge on any atom is -0.335 e. The first-order valence-corrected chi connectivity index (χ1v) is 4.79.